The molecule has 0 heterocycles. The molecule has 2 heteroatoms. The van der Waals surface area contributed by atoms with Gasteiger partial charge in [0.05, 0.1) is 0 Å². The van der Waals surface area contributed by atoms with Crippen LogP contribution in [0, 0.1) is 5.41 Å². The van der Waals surface area contributed by atoms with E-state index in [9.17, 15) is 9.90 Å². The number of carbonyl (C=O) groups excluding carboxylic acids is 1. The zero-order chi connectivity index (χ0) is 16.2. The summed E-state index contributed by atoms with van der Waals surface area (Å²) in [6, 6.07) is 11.7. The zero-order valence-electron chi connectivity index (χ0n) is 13.9. The smallest absolute Gasteiger partial charge is 0.138 e. The highest BCUT2D eigenvalue weighted by molar-refractivity contribution is 5.90. The number of phenols is 1. The van der Waals surface area contributed by atoms with Crippen molar-refractivity contribution in [2.24, 2.45) is 5.41 Å². The Balaban J connectivity index is 1.96. The molecule has 2 rings (SSSR count). The molecule has 0 saturated carbocycles. The number of hydrogen-bond donors (Lipinski definition) is 1. The topological polar surface area (TPSA) is 37.3 Å². The summed E-state index contributed by atoms with van der Waals surface area (Å²) in [5, 5.41) is 11.9. The highest BCUT2D eigenvalue weighted by atomic mass is 16.3. The predicted molar refractivity (Wildman–Crippen MR) is 92.2 cm³/mol. The molecule has 0 bridgehead atoms. The SMILES string of the molecule is CCC(C)(C)C(=O)CCCCc1cccc2c(O)cccc12. The summed E-state index contributed by atoms with van der Waals surface area (Å²) in [6.07, 6.45) is 4.43. The van der Waals surface area contributed by atoms with Gasteiger partial charge in [0.15, 0.2) is 0 Å². The zero-order valence-corrected chi connectivity index (χ0v) is 13.9. The average molecular weight is 298 g/mol. The molecule has 0 radical (unpaired) electrons. The minimum absolute atomic E-state index is 0.189. The molecule has 0 aromatic heterocycles. The van der Waals surface area contributed by atoms with Gasteiger partial charge in [-0.05, 0) is 42.7 Å². The lowest BCUT2D eigenvalue weighted by Gasteiger charge is -2.20. The predicted octanol–water partition coefficient (Wildman–Crippen LogP) is 5.26. The molecule has 0 aliphatic heterocycles. The van der Waals surface area contributed by atoms with Crippen LogP contribution < -0.4 is 0 Å². The number of ketones is 1. The highest BCUT2D eigenvalue weighted by Crippen LogP contribution is 2.28. The third-order valence-electron chi connectivity index (χ3n) is 4.73. The quantitative estimate of drug-likeness (QED) is 0.708. The number of aryl methyl sites for hydroxylation is 1. The van der Waals surface area contributed by atoms with Gasteiger partial charge in [-0.3, -0.25) is 4.79 Å². The molecule has 0 saturated heterocycles. The van der Waals surface area contributed by atoms with E-state index in [1.165, 1.54) is 5.56 Å². The lowest BCUT2D eigenvalue weighted by Crippen LogP contribution is -2.22. The van der Waals surface area contributed by atoms with Crippen molar-refractivity contribution in [1.29, 1.82) is 0 Å². The molecule has 2 aromatic rings. The highest BCUT2D eigenvalue weighted by Gasteiger charge is 2.23. The van der Waals surface area contributed by atoms with Gasteiger partial charge in [-0.15, -0.1) is 0 Å². The molecule has 0 spiro atoms. The summed E-state index contributed by atoms with van der Waals surface area (Å²) >= 11 is 0. The van der Waals surface area contributed by atoms with Gasteiger partial charge < -0.3 is 5.11 Å². The van der Waals surface area contributed by atoms with Crippen LogP contribution in [0.5, 0.6) is 5.75 Å². The summed E-state index contributed by atoms with van der Waals surface area (Å²) in [6.45, 7) is 6.13. The largest absolute Gasteiger partial charge is 0.507 e. The molecular formula is C20H26O2. The number of aromatic hydroxyl groups is 1. The van der Waals surface area contributed by atoms with Crippen molar-refractivity contribution in [3.8, 4) is 5.75 Å². The Morgan fingerprint density at radius 2 is 1.73 bits per heavy atom. The van der Waals surface area contributed by atoms with Gasteiger partial charge in [0, 0.05) is 17.2 Å². The van der Waals surface area contributed by atoms with Crippen LogP contribution in [0.15, 0.2) is 36.4 Å². The minimum atomic E-state index is -0.189. The fourth-order valence-electron chi connectivity index (χ4n) is 2.71. The number of hydrogen-bond acceptors (Lipinski definition) is 2. The lowest BCUT2D eigenvalue weighted by atomic mass is 9.83. The van der Waals surface area contributed by atoms with Crippen LogP contribution in [0.25, 0.3) is 10.8 Å². The van der Waals surface area contributed by atoms with Crippen LogP contribution >= 0.6 is 0 Å². The number of phenolic OH excluding ortho intramolecular Hbond substituents is 1. The van der Waals surface area contributed by atoms with Gasteiger partial charge in [0.25, 0.3) is 0 Å². The second-order valence-corrected chi connectivity index (χ2v) is 6.66. The Kier molecular flexibility index (Phi) is 5.23. The Bertz CT molecular complexity index is 656. The van der Waals surface area contributed by atoms with E-state index in [4.69, 9.17) is 0 Å². The summed E-state index contributed by atoms with van der Waals surface area (Å²) in [5.41, 5.74) is 1.06. The maximum atomic E-state index is 12.1. The van der Waals surface area contributed by atoms with E-state index in [1.54, 1.807) is 6.07 Å². The summed E-state index contributed by atoms with van der Waals surface area (Å²) < 4.78 is 0. The maximum absolute atomic E-state index is 12.1. The van der Waals surface area contributed by atoms with Gasteiger partial charge in [-0.25, -0.2) is 0 Å². The standard InChI is InChI=1S/C20H26O2/c1-4-20(2,3)19(22)14-6-5-9-15-10-7-12-17-16(15)11-8-13-18(17)21/h7-8,10-13,21H,4-6,9,14H2,1-3H3. The third kappa shape index (κ3) is 3.68. The van der Waals surface area contributed by atoms with Gasteiger partial charge in [-0.1, -0.05) is 51.1 Å². The second kappa shape index (κ2) is 6.95. The van der Waals surface area contributed by atoms with Crippen LogP contribution in [0.4, 0.5) is 0 Å². The third-order valence-corrected chi connectivity index (χ3v) is 4.73. The lowest BCUT2D eigenvalue weighted by molar-refractivity contribution is -0.127. The van der Waals surface area contributed by atoms with Crippen molar-refractivity contribution in [1.82, 2.24) is 0 Å². The maximum Gasteiger partial charge on any atom is 0.138 e. The van der Waals surface area contributed by atoms with E-state index >= 15 is 0 Å². The van der Waals surface area contributed by atoms with Crippen molar-refractivity contribution in [3.05, 3.63) is 42.0 Å². The van der Waals surface area contributed by atoms with E-state index in [1.807, 2.05) is 32.0 Å². The normalized spacial score (nSPS) is 11.8. The van der Waals surface area contributed by atoms with Gasteiger partial charge in [0.2, 0.25) is 0 Å². The molecule has 0 fully saturated rings. The van der Waals surface area contributed by atoms with Crippen LogP contribution in [0.3, 0.4) is 0 Å². The van der Waals surface area contributed by atoms with Crippen molar-refractivity contribution < 1.29 is 9.90 Å². The molecule has 2 nitrogen and oxygen atoms in total. The first-order valence-electron chi connectivity index (χ1n) is 8.18. The van der Waals surface area contributed by atoms with Gasteiger partial charge >= 0.3 is 0 Å². The van der Waals surface area contributed by atoms with E-state index in [0.29, 0.717) is 18.0 Å². The molecule has 1 N–H and O–H groups in total. The van der Waals surface area contributed by atoms with Crippen molar-refractivity contribution >= 4 is 16.6 Å². The van der Waals surface area contributed by atoms with Crippen LogP contribution in [-0.4, -0.2) is 10.9 Å². The number of Topliss-reactive ketones (excluding diaryl/α,β-unsaturated/α-hetero) is 1. The first-order valence-corrected chi connectivity index (χ1v) is 8.18. The number of fused-ring (bicyclic) bond motifs is 1. The van der Waals surface area contributed by atoms with E-state index < -0.39 is 0 Å². The Morgan fingerprint density at radius 3 is 2.45 bits per heavy atom. The molecule has 0 atom stereocenters. The number of carbonyl (C=O) groups is 1. The van der Waals surface area contributed by atoms with E-state index in [0.717, 1.165) is 36.5 Å². The van der Waals surface area contributed by atoms with E-state index in [2.05, 4.69) is 19.1 Å². The minimum Gasteiger partial charge on any atom is -0.507 e. The molecule has 22 heavy (non-hydrogen) atoms. The van der Waals surface area contributed by atoms with Crippen LogP contribution in [0.1, 0.15) is 52.0 Å². The van der Waals surface area contributed by atoms with Crippen LogP contribution in [0.2, 0.25) is 0 Å². The molecule has 0 unspecified atom stereocenters. The fraction of sp³-hybridized carbons (Fsp3) is 0.450. The number of benzene rings is 2. The first-order chi connectivity index (χ1) is 10.5. The molecule has 0 aliphatic carbocycles. The summed E-state index contributed by atoms with van der Waals surface area (Å²) in [4.78, 5) is 12.1. The average Bonchev–Trinajstić information content (AvgIpc) is 2.52. The van der Waals surface area contributed by atoms with Crippen molar-refractivity contribution in [2.45, 2.75) is 52.9 Å². The fourth-order valence-corrected chi connectivity index (χ4v) is 2.71. The Morgan fingerprint density at radius 1 is 1.05 bits per heavy atom. The van der Waals surface area contributed by atoms with E-state index in [-0.39, 0.29) is 5.41 Å². The molecule has 0 aliphatic rings. The molecule has 2 aromatic carbocycles. The van der Waals surface area contributed by atoms with Gasteiger partial charge in [0.1, 0.15) is 11.5 Å². The second-order valence-electron chi connectivity index (χ2n) is 6.66. The monoisotopic (exact) mass is 298 g/mol. The first kappa shape index (κ1) is 16.5. The molecular weight excluding hydrogens is 272 g/mol. The molecule has 0 amide bonds. The molecule has 118 valence electrons. The summed E-state index contributed by atoms with van der Waals surface area (Å²) in [7, 11) is 0. The Hall–Kier alpha value is -1.83. The number of rotatable bonds is 7. The summed E-state index contributed by atoms with van der Waals surface area (Å²) in [5.74, 6) is 0.699. The van der Waals surface area contributed by atoms with Crippen molar-refractivity contribution in [2.75, 3.05) is 0 Å². The van der Waals surface area contributed by atoms with Gasteiger partial charge in [-0.2, -0.15) is 0 Å². The number of unbranched alkanes of at least 4 members (excludes halogenated alkanes) is 1. The van der Waals surface area contributed by atoms with Crippen molar-refractivity contribution in [3.63, 3.8) is 0 Å². The van der Waals surface area contributed by atoms with Crippen LogP contribution in [-0.2, 0) is 11.2 Å². The Labute approximate surface area is 133 Å².